The van der Waals surface area contributed by atoms with Crippen LogP contribution in [0, 0.1) is 0 Å². The van der Waals surface area contributed by atoms with Crippen LogP contribution in [0.15, 0.2) is 65.7 Å². The van der Waals surface area contributed by atoms with Crippen molar-refractivity contribution in [1.82, 2.24) is 19.7 Å². The number of hydrogen-bond acceptors (Lipinski definition) is 6. The maximum Gasteiger partial charge on any atom is 0.236 e. The van der Waals surface area contributed by atoms with Crippen molar-refractivity contribution in [2.75, 3.05) is 11.1 Å². The quantitative estimate of drug-likeness (QED) is 0.195. The van der Waals surface area contributed by atoms with Crippen LogP contribution in [0.5, 0.6) is 0 Å². The summed E-state index contributed by atoms with van der Waals surface area (Å²) in [6, 6.07) is 12.5. The SMILES string of the molecule is C=CCn1c(SCC(=O)Nc2nc(-c3ccc(Cl)cc3)cs2)nnc1-c1ccc(Cl)cc1Cl. The minimum Gasteiger partial charge on any atom is -0.301 e. The summed E-state index contributed by atoms with van der Waals surface area (Å²) in [7, 11) is 0. The number of anilines is 1. The molecule has 4 rings (SSSR count). The minimum atomic E-state index is -0.198. The first-order chi connectivity index (χ1) is 15.9. The van der Waals surface area contributed by atoms with Crippen molar-refractivity contribution < 1.29 is 4.79 Å². The molecule has 2 heterocycles. The zero-order valence-electron chi connectivity index (χ0n) is 17.0. The zero-order chi connectivity index (χ0) is 23.4. The van der Waals surface area contributed by atoms with Crippen molar-refractivity contribution in [1.29, 1.82) is 0 Å². The lowest BCUT2D eigenvalue weighted by Crippen LogP contribution is -2.14. The molecule has 1 amide bonds. The van der Waals surface area contributed by atoms with Crippen molar-refractivity contribution in [3.8, 4) is 22.6 Å². The van der Waals surface area contributed by atoms with Crippen molar-refractivity contribution in [2.24, 2.45) is 0 Å². The fraction of sp³-hybridized carbons (Fsp3) is 0.0909. The molecule has 0 atom stereocenters. The first kappa shape index (κ1) is 23.8. The van der Waals surface area contributed by atoms with Crippen LogP contribution >= 0.6 is 57.9 Å². The van der Waals surface area contributed by atoms with Gasteiger partial charge in [0.05, 0.1) is 16.5 Å². The van der Waals surface area contributed by atoms with E-state index in [9.17, 15) is 4.79 Å². The standard InChI is InChI=1S/C22H16Cl3N5OS2/c1-2-9-30-20(16-8-7-15(24)10-17(16)25)28-29-22(30)33-12-19(31)27-21-26-18(11-32-21)13-3-5-14(23)6-4-13/h2-8,10-11H,1,9,12H2,(H,26,27,31). The van der Waals surface area contributed by atoms with Gasteiger partial charge in [0.2, 0.25) is 5.91 Å². The van der Waals surface area contributed by atoms with Gasteiger partial charge in [0, 0.05) is 33.1 Å². The summed E-state index contributed by atoms with van der Waals surface area (Å²) < 4.78 is 1.85. The molecule has 0 unspecified atom stereocenters. The number of aromatic nitrogens is 4. The van der Waals surface area contributed by atoms with Gasteiger partial charge in [0.1, 0.15) is 0 Å². The van der Waals surface area contributed by atoms with E-state index < -0.39 is 0 Å². The number of thioether (sulfide) groups is 1. The third-order valence-electron chi connectivity index (χ3n) is 4.42. The summed E-state index contributed by atoms with van der Waals surface area (Å²) in [6.07, 6.45) is 1.73. The zero-order valence-corrected chi connectivity index (χ0v) is 20.9. The predicted molar refractivity (Wildman–Crippen MR) is 138 cm³/mol. The predicted octanol–water partition coefficient (Wildman–Crippen LogP) is 6.95. The van der Waals surface area contributed by atoms with Crippen molar-refractivity contribution in [2.45, 2.75) is 11.7 Å². The number of rotatable bonds is 8. The molecule has 168 valence electrons. The largest absolute Gasteiger partial charge is 0.301 e. The van der Waals surface area contributed by atoms with Crippen LogP contribution in [0.4, 0.5) is 5.13 Å². The molecule has 33 heavy (non-hydrogen) atoms. The molecule has 4 aromatic rings. The van der Waals surface area contributed by atoms with Gasteiger partial charge in [-0.15, -0.1) is 28.1 Å². The molecule has 0 aliphatic rings. The Hall–Kier alpha value is -2.36. The smallest absolute Gasteiger partial charge is 0.236 e. The Morgan fingerprint density at radius 2 is 1.88 bits per heavy atom. The van der Waals surface area contributed by atoms with Crippen LogP contribution in [0.3, 0.4) is 0 Å². The van der Waals surface area contributed by atoms with E-state index in [1.165, 1.54) is 23.1 Å². The van der Waals surface area contributed by atoms with E-state index in [1.807, 2.05) is 22.1 Å². The molecule has 0 radical (unpaired) electrons. The van der Waals surface area contributed by atoms with Gasteiger partial charge in [0.15, 0.2) is 16.1 Å². The number of benzene rings is 2. The summed E-state index contributed by atoms with van der Waals surface area (Å²) in [6.45, 7) is 4.26. The summed E-state index contributed by atoms with van der Waals surface area (Å²) in [5.74, 6) is 0.516. The first-order valence-electron chi connectivity index (χ1n) is 9.58. The number of allylic oxidation sites excluding steroid dienone is 1. The molecule has 0 fully saturated rings. The van der Waals surface area contributed by atoms with E-state index in [-0.39, 0.29) is 11.7 Å². The van der Waals surface area contributed by atoms with Gasteiger partial charge in [-0.25, -0.2) is 4.98 Å². The fourth-order valence-corrected chi connectivity index (χ4v) is 5.03. The second-order valence-corrected chi connectivity index (χ2v) is 9.79. The van der Waals surface area contributed by atoms with Crippen molar-refractivity contribution >= 4 is 68.9 Å². The number of carbonyl (C=O) groups is 1. The molecular weight excluding hydrogens is 521 g/mol. The Balaban J connectivity index is 1.44. The van der Waals surface area contributed by atoms with E-state index >= 15 is 0 Å². The normalized spacial score (nSPS) is 10.9. The van der Waals surface area contributed by atoms with Gasteiger partial charge in [-0.05, 0) is 30.3 Å². The van der Waals surface area contributed by atoms with Crippen LogP contribution in [0.25, 0.3) is 22.6 Å². The summed E-state index contributed by atoms with van der Waals surface area (Å²) in [5.41, 5.74) is 2.40. The van der Waals surface area contributed by atoms with E-state index in [0.29, 0.717) is 43.3 Å². The number of halogens is 3. The van der Waals surface area contributed by atoms with E-state index in [2.05, 4.69) is 27.1 Å². The van der Waals surface area contributed by atoms with Gasteiger partial charge in [-0.3, -0.25) is 9.36 Å². The van der Waals surface area contributed by atoms with Crippen LogP contribution in [0.1, 0.15) is 0 Å². The Labute approximate surface area is 213 Å². The summed E-state index contributed by atoms with van der Waals surface area (Å²) in [5, 5.41) is 16.0. The Morgan fingerprint density at radius 3 is 2.61 bits per heavy atom. The van der Waals surface area contributed by atoms with Crippen LogP contribution in [-0.4, -0.2) is 31.4 Å². The highest BCUT2D eigenvalue weighted by molar-refractivity contribution is 7.99. The number of hydrogen-bond donors (Lipinski definition) is 1. The van der Waals surface area contributed by atoms with Gasteiger partial charge < -0.3 is 5.32 Å². The minimum absolute atomic E-state index is 0.138. The summed E-state index contributed by atoms with van der Waals surface area (Å²) in [4.78, 5) is 17.0. The Morgan fingerprint density at radius 1 is 1.12 bits per heavy atom. The van der Waals surface area contributed by atoms with Crippen molar-refractivity contribution in [3.05, 3.63) is 75.6 Å². The molecule has 0 bridgehead atoms. The van der Waals surface area contributed by atoms with Gasteiger partial charge in [-0.1, -0.05) is 64.8 Å². The highest BCUT2D eigenvalue weighted by atomic mass is 35.5. The molecule has 0 spiro atoms. The summed E-state index contributed by atoms with van der Waals surface area (Å²) >= 11 is 20.9. The van der Waals surface area contributed by atoms with Gasteiger partial charge >= 0.3 is 0 Å². The van der Waals surface area contributed by atoms with Gasteiger partial charge in [-0.2, -0.15) is 0 Å². The van der Waals surface area contributed by atoms with E-state index in [1.54, 1.807) is 36.4 Å². The third-order valence-corrected chi connectivity index (χ3v) is 6.95. The monoisotopic (exact) mass is 535 g/mol. The second kappa shape index (κ2) is 10.7. The maximum absolute atomic E-state index is 12.5. The lowest BCUT2D eigenvalue weighted by molar-refractivity contribution is -0.113. The molecule has 0 aliphatic heterocycles. The maximum atomic E-state index is 12.5. The average Bonchev–Trinajstić information content (AvgIpc) is 3.40. The lowest BCUT2D eigenvalue weighted by atomic mass is 10.2. The Bertz CT molecular complexity index is 1300. The number of amides is 1. The van der Waals surface area contributed by atoms with E-state index in [4.69, 9.17) is 34.8 Å². The number of nitrogens with zero attached hydrogens (tertiary/aromatic N) is 4. The Kier molecular flexibility index (Phi) is 7.72. The molecular formula is C22H16Cl3N5OS2. The molecule has 0 saturated carbocycles. The number of thiazole rings is 1. The van der Waals surface area contributed by atoms with Gasteiger partial charge in [0.25, 0.3) is 0 Å². The molecule has 1 N–H and O–H groups in total. The fourth-order valence-electron chi connectivity index (χ4n) is 2.93. The highest BCUT2D eigenvalue weighted by Crippen LogP contribution is 2.32. The molecule has 0 saturated heterocycles. The third kappa shape index (κ3) is 5.77. The lowest BCUT2D eigenvalue weighted by Gasteiger charge is -2.09. The second-order valence-electron chi connectivity index (χ2n) is 6.71. The molecule has 11 heteroatoms. The van der Waals surface area contributed by atoms with Crippen LogP contribution in [0.2, 0.25) is 15.1 Å². The van der Waals surface area contributed by atoms with Crippen LogP contribution < -0.4 is 5.32 Å². The van der Waals surface area contributed by atoms with Crippen molar-refractivity contribution in [3.63, 3.8) is 0 Å². The van der Waals surface area contributed by atoms with E-state index in [0.717, 1.165) is 11.3 Å². The molecule has 2 aromatic carbocycles. The molecule has 2 aromatic heterocycles. The average molecular weight is 537 g/mol. The molecule has 6 nitrogen and oxygen atoms in total. The number of nitrogens with one attached hydrogen (secondary N) is 1. The van der Waals surface area contributed by atoms with Crippen LogP contribution in [-0.2, 0) is 11.3 Å². The molecule has 0 aliphatic carbocycles. The highest BCUT2D eigenvalue weighted by Gasteiger charge is 2.17. The number of carbonyl (C=O) groups excluding carboxylic acids is 1. The topological polar surface area (TPSA) is 72.7 Å². The first-order valence-corrected chi connectivity index (χ1v) is 12.6.